The molecular weight excluding hydrogens is 400 g/mol. The number of carbonyl (C=O) groups is 2. The third-order valence-corrected chi connectivity index (χ3v) is 4.48. The molecule has 2 aromatic rings. The van der Waals surface area contributed by atoms with E-state index < -0.39 is 49.3 Å². The lowest BCUT2D eigenvalue weighted by Gasteiger charge is -2.39. The molecular formula is C20H20O10. The smallest absolute Gasteiger partial charge is 0.340 e. The van der Waals surface area contributed by atoms with E-state index >= 15 is 0 Å². The van der Waals surface area contributed by atoms with Crippen molar-refractivity contribution in [1.29, 1.82) is 0 Å². The van der Waals surface area contributed by atoms with Crippen LogP contribution in [0.3, 0.4) is 0 Å². The second-order valence-electron chi connectivity index (χ2n) is 6.61. The van der Waals surface area contributed by atoms with Gasteiger partial charge in [-0.1, -0.05) is 0 Å². The Labute approximate surface area is 170 Å². The van der Waals surface area contributed by atoms with Crippen LogP contribution in [0.1, 0.15) is 20.7 Å². The second kappa shape index (κ2) is 9.09. The number of aromatic hydroxyl groups is 2. The minimum Gasteiger partial charge on any atom is -0.508 e. The summed E-state index contributed by atoms with van der Waals surface area (Å²) in [6, 6.07) is 10.3. The first kappa shape index (κ1) is 21.5. The Hall–Kier alpha value is -3.18. The summed E-state index contributed by atoms with van der Waals surface area (Å²) in [4.78, 5) is 24.3. The van der Waals surface area contributed by atoms with Crippen LogP contribution in [0.25, 0.3) is 0 Å². The second-order valence-corrected chi connectivity index (χ2v) is 6.61. The number of hydrogen-bond acceptors (Lipinski definition) is 10. The Balaban J connectivity index is 1.63. The van der Waals surface area contributed by atoms with Gasteiger partial charge in [0.25, 0.3) is 0 Å². The number of benzene rings is 2. The Morgan fingerprint density at radius 2 is 1.27 bits per heavy atom. The van der Waals surface area contributed by atoms with Gasteiger partial charge in [0.15, 0.2) is 0 Å². The van der Waals surface area contributed by atoms with E-state index in [0.29, 0.717) is 0 Å². The minimum absolute atomic E-state index is 0.0343. The van der Waals surface area contributed by atoms with Crippen molar-refractivity contribution in [3.05, 3.63) is 59.7 Å². The van der Waals surface area contributed by atoms with Crippen molar-refractivity contribution in [3.63, 3.8) is 0 Å². The quantitative estimate of drug-likeness (QED) is 0.413. The van der Waals surface area contributed by atoms with Crippen LogP contribution in [0.4, 0.5) is 0 Å². The zero-order valence-corrected chi connectivity index (χ0v) is 15.5. The first-order chi connectivity index (χ1) is 14.3. The molecule has 10 nitrogen and oxygen atoms in total. The van der Waals surface area contributed by atoms with E-state index in [-0.39, 0.29) is 22.6 Å². The normalized spacial score (nSPS) is 26.0. The van der Waals surface area contributed by atoms with Crippen LogP contribution in [0.5, 0.6) is 11.5 Å². The van der Waals surface area contributed by atoms with Gasteiger partial charge in [-0.25, -0.2) is 9.59 Å². The summed E-state index contributed by atoms with van der Waals surface area (Å²) in [5.74, 6) is -1.77. The topological polar surface area (TPSA) is 163 Å². The number of phenolic OH excluding ortho intramolecular Hbond substituents is 2. The van der Waals surface area contributed by atoms with Crippen molar-refractivity contribution in [2.45, 2.75) is 30.7 Å². The molecule has 3 rings (SSSR count). The zero-order chi connectivity index (χ0) is 21.8. The molecule has 0 bridgehead atoms. The maximum absolute atomic E-state index is 12.2. The summed E-state index contributed by atoms with van der Waals surface area (Å²) in [5, 5.41) is 48.7. The summed E-state index contributed by atoms with van der Waals surface area (Å²) >= 11 is 0. The molecule has 1 saturated heterocycles. The van der Waals surface area contributed by atoms with Crippen LogP contribution < -0.4 is 0 Å². The fourth-order valence-corrected chi connectivity index (χ4v) is 2.76. The van der Waals surface area contributed by atoms with Crippen molar-refractivity contribution in [3.8, 4) is 11.5 Å². The summed E-state index contributed by atoms with van der Waals surface area (Å²) in [6.07, 6.45) is -8.01. The van der Waals surface area contributed by atoms with Gasteiger partial charge in [0.2, 0.25) is 6.29 Å². The molecule has 0 aliphatic carbocycles. The van der Waals surface area contributed by atoms with Crippen LogP contribution in [0.15, 0.2) is 48.5 Å². The first-order valence-electron chi connectivity index (χ1n) is 8.92. The van der Waals surface area contributed by atoms with Crippen molar-refractivity contribution in [2.75, 3.05) is 6.61 Å². The molecule has 5 N–H and O–H groups in total. The molecule has 0 amide bonds. The number of esters is 2. The molecule has 30 heavy (non-hydrogen) atoms. The number of ether oxygens (including phenoxy) is 3. The lowest BCUT2D eigenvalue weighted by Crippen LogP contribution is -2.59. The molecule has 160 valence electrons. The van der Waals surface area contributed by atoms with Gasteiger partial charge in [-0.3, -0.25) is 0 Å². The van der Waals surface area contributed by atoms with Crippen LogP contribution in [-0.2, 0) is 14.2 Å². The van der Waals surface area contributed by atoms with Crippen molar-refractivity contribution >= 4 is 11.9 Å². The summed E-state index contributed by atoms with van der Waals surface area (Å²) in [5.41, 5.74) is 0.188. The van der Waals surface area contributed by atoms with E-state index in [1.54, 1.807) is 0 Å². The van der Waals surface area contributed by atoms with Gasteiger partial charge in [-0.2, -0.15) is 0 Å². The zero-order valence-electron chi connectivity index (χ0n) is 15.5. The van der Waals surface area contributed by atoms with Gasteiger partial charge in [-0.15, -0.1) is 0 Å². The van der Waals surface area contributed by atoms with E-state index in [1.807, 2.05) is 0 Å². The summed E-state index contributed by atoms with van der Waals surface area (Å²) in [7, 11) is 0. The van der Waals surface area contributed by atoms with Crippen LogP contribution >= 0.6 is 0 Å². The third-order valence-electron chi connectivity index (χ3n) is 4.48. The van der Waals surface area contributed by atoms with Crippen LogP contribution in [-0.4, -0.2) is 74.8 Å². The molecule has 0 spiro atoms. The van der Waals surface area contributed by atoms with E-state index in [9.17, 15) is 35.1 Å². The van der Waals surface area contributed by atoms with Gasteiger partial charge >= 0.3 is 11.9 Å². The molecule has 1 fully saturated rings. The molecule has 1 aliphatic heterocycles. The Morgan fingerprint density at radius 1 is 0.767 bits per heavy atom. The third kappa shape index (κ3) is 4.86. The number of aliphatic hydroxyl groups is 3. The Morgan fingerprint density at radius 3 is 1.80 bits per heavy atom. The molecule has 1 heterocycles. The molecule has 5 atom stereocenters. The van der Waals surface area contributed by atoms with Gasteiger partial charge in [0.05, 0.1) is 11.1 Å². The molecule has 2 aromatic carbocycles. The SMILES string of the molecule is O=C(OCC1OC(OC(=O)c2ccc(O)cc2)C(O)C(O)C1O)c1ccc(O)cc1. The fourth-order valence-electron chi connectivity index (χ4n) is 2.76. The standard InChI is InChI=1S/C20H20O10/c21-12-5-1-10(2-6-12)18(26)28-9-14-15(23)16(24)17(25)20(29-14)30-19(27)11-3-7-13(22)8-4-11/h1-8,14-17,20-25H,9H2. The maximum atomic E-state index is 12.2. The fraction of sp³-hybridized carbons (Fsp3) is 0.300. The highest BCUT2D eigenvalue weighted by Crippen LogP contribution is 2.24. The molecule has 0 aromatic heterocycles. The van der Waals surface area contributed by atoms with E-state index in [1.165, 1.54) is 48.5 Å². The summed E-state index contributed by atoms with van der Waals surface area (Å²) in [6.45, 7) is -0.502. The van der Waals surface area contributed by atoms with E-state index in [0.717, 1.165) is 0 Å². The summed E-state index contributed by atoms with van der Waals surface area (Å²) < 4.78 is 15.4. The Bertz CT molecular complexity index is 877. The highest BCUT2D eigenvalue weighted by Gasteiger charge is 2.46. The van der Waals surface area contributed by atoms with Gasteiger partial charge < -0.3 is 39.7 Å². The predicted octanol–water partition coefficient (Wildman–Crippen LogP) is -0.0808. The largest absolute Gasteiger partial charge is 0.508 e. The molecule has 10 heteroatoms. The Kier molecular flexibility index (Phi) is 6.53. The monoisotopic (exact) mass is 420 g/mol. The van der Waals surface area contributed by atoms with Crippen molar-refractivity contribution in [1.82, 2.24) is 0 Å². The molecule has 0 radical (unpaired) electrons. The lowest BCUT2D eigenvalue weighted by molar-refractivity contribution is -0.285. The van der Waals surface area contributed by atoms with E-state index in [2.05, 4.69) is 0 Å². The van der Waals surface area contributed by atoms with Crippen molar-refractivity contribution in [2.24, 2.45) is 0 Å². The van der Waals surface area contributed by atoms with Crippen molar-refractivity contribution < 1.29 is 49.3 Å². The highest BCUT2D eigenvalue weighted by atomic mass is 16.7. The number of aliphatic hydroxyl groups excluding tert-OH is 3. The van der Waals surface area contributed by atoms with Gasteiger partial charge in [0.1, 0.15) is 42.5 Å². The number of rotatable bonds is 5. The first-order valence-corrected chi connectivity index (χ1v) is 8.92. The number of carbonyl (C=O) groups excluding carboxylic acids is 2. The molecule has 5 unspecified atom stereocenters. The molecule has 1 aliphatic rings. The van der Waals surface area contributed by atoms with Crippen LogP contribution in [0.2, 0.25) is 0 Å². The average molecular weight is 420 g/mol. The average Bonchev–Trinajstić information content (AvgIpc) is 2.74. The minimum atomic E-state index is -1.75. The predicted molar refractivity (Wildman–Crippen MR) is 98.6 cm³/mol. The highest BCUT2D eigenvalue weighted by molar-refractivity contribution is 5.90. The number of hydrogen-bond donors (Lipinski definition) is 5. The number of phenols is 2. The van der Waals surface area contributed by atoms with E-state index in [4.69, 9.17) is 14.2 Å². The molecule has 0 saturated carbocycles. The maximum Gasteiger partial charge on any atom is 0.340 e. The van der Waals surface area contributed by atoms with Crippen LogP contribution in [0, 0.1) is 0 Å². The van der Waals surface area contributed by atoms with Gasteiger partial charge in [0, 0.05) is 0 Å². The lowest BCUT2D eigenvalue weighted by atomic mass is 9.99. The van der Waals surface area contributed by atoms with Gasteiger partial charge in [-0.05, 0) is 48.5 Å².